The second-order valence-corrected chi connectivity index (χ2v) is 9.95. The van der Waals surface area contributed by atoms with Gasteiger partial charge in [-0.2, -0.15) is 8.42 Å². The number of nitrogens with zero attached hydrogens (tertiary/aromatic N) is 1. The van der Waals surface area contributed by atoms with Crippen molar-refractivity contribution >= 4 is 10.1 Å². The molecule has 1 aliphatic heterocycles. The van der Waals surface area contributed by atoms with Crippen LogP contribution in [0.25, 0.3) is 0 Å². The maximum Gasteiger partial charge on any atom is 0.265 e. The highest BCUT2D eigenvalue weighted by Crippen LogP contribution is 2.17. The van der Waals surface area contributed by atoms with E-state index in [4.69, 9.17) is 9.29 Å². The third-order valence-electron chi connectivity index (χ3n) is 5.94. The monoisotopic (exact) mass is 406 g/mol. The predicted molar refractivity (Wildman–Crippen MR) is 113 cm³/mol. The van der Waals surface area contributed by atoms with Crippen LogP contribution in [0, 0.1) is 0 Å². The SMILES string of the molecule is CCCCCCCCCCCCCC[N+]1(CCCS(=O)(=O)O)CCOCC1. The van der Waals surface area contributed by atoms with Crippen molar-refractivity contribution in [2.24, 2.45) is 0 Å². The van der Waals surface area contributed by atoms with Crippen molar-refractivity contribution in [2.75, 3.05) is 45.1 Å². The van der Waals surface area contributed by atoms with E-state index in [0.29, 0.717) is 6.42 Å². The zero-order valence-corrected chi connectivity index (χ0v) is 18.5. The second-order valence-electron chi connectivity index (χ2n) is 8.38. The average Bonchev–Trinajstić information content (AvgIpc) is 2.62. The molecule has 0 aromatic rings. The molecule has 0 atom stereocenters. The Labute approximate surface area is 168 Å². The van der Waals surface area contributed by atoms with Gasteiger partial charge in [-0.3, -0.25) is 4.55 Å². The number of morpholine rings is 1. The van der Waals surface area contributed by atoms with Crippen LogP contribution in [0.2, 0.25) is 0 Å². The lowest BCUT2D eigenvalue weighted by atomic mass is 10.0. The number of quaternary nitrogens is 1. The molecule has 27 heavy (non-hydrogen) atoms. The minimum atomic E-state index is -3.84. The first-order chi connectivity index (χ1) is 13.0. The summed E-state index contributed by atoms with van der Waals surface area (Å²) in [7, 11) is -3.84. The van der Waals surface area contributed by atoms with E-state index in [1.807, 2.05) is 0 Å². The predicted octanol–water partition coefficient (Wildman–Crippen LogP) is 4.81. The molecule has 1 saturated heterocycles. The lowest BCUT2D eigenvalue weighted by Crippen LogP contribution is -2.56. The fraction of sp³-hybridized carbons (Fsp3) is 1.00. The summed E-state index contributed by atoms with van der Waals surface area (Å²) in [5.74, 6) is -0.119. The molecule has 6 heteroatoms. The first-order valence-electron chi connectivity index (χ1n) is 11.4. The molecule has 0 saturated carbocycles. The largest absolute Gasteiger partial charge is 0.370 e. The van der Waals surface area contributed by atoms with Gasteiger partial charge in [0.25, 0.3) is 10.1 Å². The molecule has 0 bridgehead atoms. The summed E-state index contributed by atoms with van der Waals surface area (Å²) in [5.41, 5.74) is 0. The Morgan fingerprint density at radius 1 is 0.741 bits per heavy atom. The molecule has 0 aliphatic carbocycles. The molecule has 0 aromatic heterocycles. The van der Waals surface area contributed by atoms with Crippen LogP contribution in [0.15, 0.2) is 0 Å². The van der Waals surface area contributed by atoms with Gasteiger partial charge in [0.15, 0.2) is 0 Å². The molecule has 1 heterocycles. The minimum Gasteiger partial charge on any atom is -0.370 e. The Morgan fingerprint density at radius 3 is 1.67 bits per heavy atom. The third-order valence-corrected chi connectivity index (χ3v) is 6.75. The van der Waals surface area contributed by atoms with Gasteiger partial charge in [-0.05, 0) is 12.8 Å². The van der Waals surface area contributed by atoms with Gasteiger partial charge in [0, 0.05) is 6.42 Å². The van der Waals surface area contributed by atoms with Crippen molar-refractivity contribution in [2.45, 2.75) is 90.4 Å². The summed E-state index contributed by atoms with van der Waals surface area (Å²) in [5, 5.41) is 0. The van der Waals surface area contributed by atoms with Crippen molar-refractivity contribution in [3.8, 4) is 0 Å². The van der Waals surface area contributed by atoms with Crippen molar-refractivity contribution in [3.63, 3.8) is 0 Å². The molecular formula is C21H44NO4S+. The minimum absolute atomic E-state index is 0.119. The van der Waals surface area contributed by atoms with Crippen LogP contribution in [0.4, 0.5) is 0 Å². The summed E-state index contributed by atoms with van der Waals surface area (Å²) in [6.45, 7) is 7.71. The van der Waals surface area contributed by atoms with Gasteiger partial charge in [0.05, 0.1) is 32.1 Å². The summed E-state index contributed by atoms with van der Waals surface area (Å²) < 4.78 is 37.4. The van der Waals surface area contributed by atoms with Crippen LogP contribution < -0.4 is 0 Å². The van der Waals surface area contributed by atoms with Crippen molar-refractivity contribution in [1.82, 2.24) is 0 Å². The maximum atomic E-state index is 11.0. The van der Waals surface area contributed by atoms with Gasteiger partial charge >= 0.3 is 0 Å². The van der Waals surface area contributed by atoms with Gasteiger partial charge < -0.3 is 9.22 Å². The molecule has 1 rings (SSSR count). The van der Waals surface area contributed by atoms with E-state index in [0.717, 1.165) is 43.9 Å². The quantitative estimate of drug-likeness (QED) is 0.214. The molecule has 5 nitrogen and oxygen atoms in total. The molecule has 162 valence electrons. The average molecular weight is 407 g/mol. The van der Waals surface area contributed by atoms with Crippen molar-refractivity contribution < 1.29 is 22.2 Å². The summed E-state index contributed by atoms with van der Waals surface area (Å²) >= 11 is 0. The maximum absolute atomic E-state index is 11.0. The fourth-order valence-corrected chi connectivity index (χ4v) is 4.65. The van der Waals surface area contributed by atoms with Crippen molar-refractivity contribution in [3.05, 3.63) is 0 Å². The summed E-state index contributed by atoms with van der Waals surface area (Å²) in [4.78, 5) is 0. The number of hydrogen-bond donors (Lipinski definition) is 1. The molecule has 0 radical (unpaired) electrons. The zero-order valence-electron chi connectivity index (χ0n) is 17.7. The first kappa shape index (κ1) is 24.9. The molecule has 1 fully saturated rings. The van der Waals surface area contributed by atoms with E-state index in [1.165, 1.54) is 77.0 Å². The number of rotatable bonds is 17. The van der Waals surface area contributed by atoms with E-state index < -0.39 is 10.1 Å². The van der Waals surface area contributed by atoms with Gasteiger partial charge in [0.1, 0.15) is 13.1 Å². The number of hydrogen-bond acceptors (Lipinski definition) is 3. The molecular weight excluding hydrogens is 362 g/mol. The van der Waals surface area contributed by atoms with E-state index in [9.17, 15) is 8.42 Å². The third kappa shape index (κ3) is 13.6. The zero-order chi connectivity index (χ0) is 19.8. The lowest BCUT2D eigenvalue weighted by molar-refractivity contribution is -0.935. The van der Waals surface area contributed by atoms with Crippen LogP contribution in [-0.2, 0) is 14.9 Å². The number of unbranched alkanes of at least 4 members (excludes halogenated alkanes) is 11. The topological polar surface area (TPSA) is 63.6 Å². The van der Waals surface area contributed by atoms with Crippen LogP contribution in [0.1, 0.15) is 90.4 Å². The summed E-state index contributed by atoms with van der Waals surface area (Å²) in [6.07, 6.45) is 16.8. The molecule has 0 aromatic carbocycles. The Morgan fingerprint density at radius 2 is 1.19 bits per heavy atom. The molecule has 1 N–H and O–H groups in total. The van der Waals surface area contributed by atoms with Crippen LogP contribution in [-0.4, -0.2) is 62.6 Å². The van der Waals surface area contributed by atoms with E-state index >= 15 is 0 Å². The van der Waals surface area contributed by atoms with Crippen molar-refractivity contribution in [1.29, 1.82) is 0 Å². The van der Waals surface area contributed by atoms with Crippen LogP contribution in [0.5, 0.6) is 0 Å². The molecule has 0 spiro atoms. The number of ether oxygens (including phenoxy) is 1. The Bertz CT molecular complexity index is 447. The fourth-order valence-electron chi connectivity index (χ4n) is 4.16. The molecule has 0 unspecified atom stereocenters. The second kappa shape index (κ2) is 14.8. The highest BCUT2D eigenvalue weighted by atomic mass is 32.2. The van der Waals surface area contributed by atoms with E-state index in [2.05, 4.69) is 6.92 Å². The Kier molecular flexibility index (Phi) is 13.6. The van der Waals surface area contributed by atoms with Gasteiger partial charge in [-0.1, -0.05) is 71.1 Å². The first-order valence-corrected chi connectivity index (χ1v) is 13.0. The van der Waals surface area contributed by atoms with Gasteiger partial charge in [-0.25, -0.2) is 0 Å². The van der Waals surface area contributed by atoms with E-state index in [-0.39, 0.29) is 5.75 Å². The standard InChI is InChI=1S/C21H43NO4S/c1-2-3-4-5-6-7-8-9-10-11-12-13-15-22(17-19-26-20-18-22)16-14-21-27(23,24)25/h2-21H2,1H3/p+1. The normalized spacial score (nSPS) is 17.3. The van der Waals surface area contributed by atoms with Gasteiger partial charge in [0.2, 0.25) is 0 Å². The van der Waals surface area contributed by atoms with Gasteiger partial charge in [-0.15, -0.1) is 0 Å². The van der Waals surface area contributed by atoms with Crippen LogP contribution >= 0.6 is 0 Å². The molecule has 1 aliphatic rings. The highest BCUT2D eigenvalue weighted by Gasteiger charge is 2.29. The summed E-state index contributed by atoms with van der Waals surface area (Å²) in [6, 6.07) is 0. The van der Waals surface area contributed by atoms with Crippen LogP contribution in [0.3, 0.4) is 0 Å². The Hall–Kier alpha value is -0.170. The smallest absolute Gasteiger partial charge is 0.265 e. The Balaban J connectivity index is 2.07. The molecule has 0 amide bonds. The highest BCUT2D eigenvalue weighted by molar-refractivity contribution is 7.85. The van der Waals surface area contributed by atoms with E-state index in [1.54, 1.807) is 0 Å². The lowest BCUT2D eigenvalue weighted by Gasteiger charge is -2.41.